The van der Waals surface area contributed by atoms with Gasteiger partial charge in [-0.3, -0.25) is 4.79 Å². The molecule has 0 aliphatic carbocycles. The molecule has 2 aromatic heterocycles. The highest BCUT2D eigenvalue weighted by molar-refractivity contribution is 5.91. The van der Waals surface area contributed by atoms with Gasteiger partial charge in [0.1, 0.15) is 0 Å². The Morgan fingerprint density at radius 2 is 1.64 bits per heavy atom. The third-order valence-electron chi connectivity index (χ3n) is 4.38. The topological polar surface area (TPSA) is 84.7 Å². The maximum absolute atomic E-state index is 11.9. The fraction of sp³-hybridized carbons (Fsp3) is 0.158. The van der Waals surface area contributed by atoms with Gasteiger partial charge in [-0.1, -0.05) is 53.7 Å². The summed E-state index contributed by atoms with van der Waals surface area (Å²) in [6, 6.07) is 17.2. The van der Waals surface area contributed by atoms with Crippen molar-refractivity contribution in [3.8, 4) is 11.6 Å². The van der Waals surface area contributed by atoms with Crippen molar-refractivity contribution < 1.29 is 4.52 Å². The van der Waals surface area contributed by atoms with Crippen molar-refractivity contribution >= 4 is 10.8 Å². The first-order valence-corrected chi connectivity index (χ1v) is 7.95. The Hall–Kier alpha value is -3.28. The molecular weight excluding hydrogens is 316 g/mol. The van der Waals surface area contributed by atoms with Crippen LogP contribution in [0.4, 0.5) is 0 Å². The monoisotopic (exact) mass is 332 g/mol. The van der Waals surface area contributed by atoms with Crippen LogP contribution in [0.2, 0.25) is 0 Å². The summed E-state index contributed by atoms with van der Waals surface area (Å²) in [5.41, 5.74) is 0.893. The Morgan fingerprint density at radius 3 is 2.40 bits per heavy atom. The van der Waals surface area contributed by atoms with Crippen molar-refractivity contribution in [2.45, 2.75) is 19.3 Å². The van der Waals surface area contributed by atoms with Crippen LogP contribution in [0.3, 0.4) is 0 Å². The molecule has 124 valence electrons. The van der Waals surface area contributed by atoms with E-state index in [0.29, 0.717) is 22.3 Å². The van der Waals surface area contributed by atoms with Gasteiger partial charge in [-0.25, -0.2) is 5.10 Å². The Morgan fingerprint density at radius 1 is 0.960 bits per heavy atom. The van der Waals surface area contributed by atoms with Gasteiger partial charge in [0.2, 0.25) is 0 Å². The third-order valence-corrected chi connectivity index (χ3v) is 4.38. The van der Waals surface area contributed by atoms with Gasteiger partial charge in [-0.05, 0) is 25.5 Å². The Balaban J connectivity index is 1.83. The molecule has 25 heavy (non-hydrogen) atoms. The van der Waals surface area contributed by atoms with E-state index in [1.54, 1.807) is 12.1 Å². The van der Waals surface area contributed by atoms with Gasteiger partial charge in [-0.15, -0.1) is 0 Å². The van der Waals surface area contributed by atoms with Crippen molar-refractivity contribution in [3.63, 3.8) is 0 Å². The highest BCUT2D eigenvalue weighted by Crippen LogP contribution is 2.31. The minimum atomic E-state index is -0.416. The molecular formula is C19H16N4O2. The maximum atomic E-state index is 11.9. The van der Waals surface area contributed by atoms with Crippen LogP contribution in [-0.4, -0.2) is 20.3 Å². The number of H-pyrrole nitrogens is 1. The van der Waals surface area contributed by atoms with Gasteiger partial charge >= 0.3 is 0 Å². The zero-order chi connectivity index (χ0) is 17.4. The summed E-state index contributed by atoms with van der Waals surface area (Å²) in [6.07, 6.45) is 0. The molecule has 6 heteroatoms. The molecule has 0 atom stereocenters. The lowest BCUT2D eigenvalue weighted by atomic mass is 9.84. The average Bonchev–Trinajstić information content (AvgIpc) is 3.14. The van der Waals surface area contributed by atoms with E-state index in [1.807, 2.05) is 56.3 Å². The molecule has 0 saturated carbocycles. The quantitative estimate of drug-likeness (QED) is 0.622. The minimum absolute atomic E-state index is 0.247. The van der Waals surface area contributed by atoms with Gasteiger partial charge in [0.05, 0.1) is 10.8 Å². The molecule has 2 aromatic carbocycles. The third kappa shape index (κ3) is 2.52. The fourth-order valence-electron chi connectivity index (χ4n) is 2.84. The van der Waals surface area contributed by atoms with Crippen LogP contribution in [0.25, 0.3) is 22.4 Å². The summed E-state index contributed by atoms with van der Waals surface area (Å²) in [5, 5.41) is 12.0. The number of hydrogen-bond donors (Lipinski definition) is 1. The van der Waals surface area contributed by atoms with Crippen molar-refractivity contribution in [3.05, 3.63) is 76.3 Å². The number of aromatic amines is 1. The van der Waals surface area contributed by atoms with Crippen LogP contribution in [0, 0.1) is 0 Å². The van der Waals surface area contributed by atoms with Crippen LogP contribution in [0.5, 0.6) is 0 Å². The predicted octanol–water partition coefficient (Wildman–Crippen LogP) is 3.30. The summed E-state index contributed by atoms with van der Waals surface area (Å²) in [6.45, 7) is 4.07. The second-order valence-electron chi connectivity index (χ2n) is 6.36. The van der Waals surface area contributed by atoms with Crippen LogP contribution >= 0.6 is 0 Å². The van der Waals surface area contributed by atoms with Gasteiger partial charge < -0.3 is 4.52 Å². The summed E-state index contributed by atoms with van der Waals surface area (Å²) >= 11 is 0. The van der Waals surface area contributed by atoms with E-state index < -0.39 is 5.41 Å². The van der Waals surface area contributed by atoms with Crippen LogP contribution in [0.1, 0.15) is 25.2 Å². The van der Waals surface area contributed by atoms with Gasteiger partial charge in [0.15, 0.2) is 11.5 Å². The standard InChI is InChI=1S/C19H16N4O2/c1-19(2,12-8-4-3-5-9-12)18-20-17(25-23-18)15-13-10-6-7-11-14(13)16(24)22-21-15/h3-11H,1-2H3,(H,22,24). The lowest BCUT2D eigenvalue weighted by Gasteiger charge is -2.20. The molecule has 2 heterocycles. The highest BCUT2D eigenvalue weighted by Gasteiger charge is 2.29. The number of hydrogen-bond acceptors (Lipinski definition) is 5. The van der Waals surface area contributed by atoms with Crippen LogP contribution < -0.4 is 5.56 Å². The zero-order valence-corrected chi connectivity index (χ0v) is 13.9. The molecule has 0 saturated heterocycles. The predicted molar refractivity (Wildman–Crippen MR) is 94.2 cm³/mol. The molecule has 0 amide bonds. The first-order chi connectivity index (χ1) is 12.1. The summed E-state index contributed by atoms with van der Waals surface area (Å²) in [5.74, 6) is 0.845. The second kappa shape index (κ2) is 5.66. The lowest BCUT2D eigenvalue weighted by Crippen LogP contribution is -2.20. The van der Waals surface area contributed by atoms with Crippen molar-refractivity contribution in [2.24, 2.45) is 0 Å². The summed E-state index contributed by atoms with van der Waals surface area (Å²) in [4.78, 5) is 16.5. The van der Waals surface area contributed by atoms with E-state index in [9.17, 15) is 4.79 Å². The number of rotatable bonds is 3. The average molecular weight is 332 g/mol. The Bertz CT molecular complexity index is 1100. The van der Waals surface area contributed by atoms with E-state index in [1.165, 1.54) is 0 Å². The largest absolute Gasteiger partial charge is 0.332 e. The molecule has 0 radical (unpaired) electrons. The highest BCUT2D eigenvalue weighted by atomic mass is 16.5. The molecule has 0 fully saturated rings. The number of benzene rings is 2. The number of aromatic nitrogens is 4. The van der Waals surface area contributed by atoms with Crippen molar-refractivity contribution in [1.82, 2.24) is 20.3 Å². The lowest BCUT2D eigenvalue weighted by molar-refractivity contribution is 0.407. The number of nitrogens with one attached hydrogen (secondary N) is 1. The van der Waals surface area contributed by atoms with E-state index in [2.05, 4.69) is 20.3 Å². The maximum Gasteiger partial charge on any atom is 0.279 e. The van der Waals surface area contributed by atoms with E-state index in [0.717, 1.165) is 5.56 Å². The first kappa shape index (κ1) is 15.3. The normalized spacial score (nSPS) is 11.8. The number of nitrogens with zero attached hydrogens (tertiary/aromatic N) is 3. The smallest absolute Gasteiger partial charge is 0.279 e. The van der Waals surface area contributed by atoms with Crippen LogP contribution in [0.15, 0.2) is 63.9 Å². The van der Waals surface area contributed by atoms with Gasteiger partial charge in [0.25, 0.3) is 11.4 Å². The van der Waals surface area contributed by atoms with E-state index in [4.69, 9.17) is 4.52 Å². The molecule has 6 nitrogen and oxygen atoms in total. The molecule has 0 bridgehead atoms. The zero-order valence-electron chi connectivity index (χ0n) is 13.9. The summed E-state index contributed by atoms with van der Waals surface area (Å²) < 4.78 is 5.46. The molecule has 0 aliphatic rings. The minimum Gasteiger partial charge on any atom is -0.332 e. The van der Waals surface area contributed by atoms with Crippen molar-refractivity contribution in [1.29, 1.82) is 0 Å². The van der Waals surface area contributed by atoms with Gasteiger partial charge in [-0.2, -0.15) is 10.1 Å². The SMILES string of the molecule is CC(C)(c1ccccc1)c1noc(-c2n[nH]c(=O)c3ccccc23)n1. The Kier molecular flexibility index (Phi) is 3.46. The van der Waals surface area contributed by atoms with E-state index in [-0.39, 0.29) is 11.4 Å². The summed E-state index contributed by atoms with van der Waals surface area (Å²) in [7, 11) is 0. The Labute approximate surface area is 143 Å². The number of fused-ring (bicyclic) bond motifs is 1. The molecule has 4 rings (SSSR count). The molecule has 0 spiro atoms. The molecule has 0 aliphatic heterocycles. The molecule has 4 aromatic rings. The fourth-order valence-corrected chi connectivity index (χ4v) is 2.84. The second-order valence-corrected chi connectivity index (χ2v) is 6.36. The van der Waals surface area contributed by atoms with Crippen molar-refractivity contribution in [2.75, 3.05) is 0 Å². The molecule has 1 N–H and O–H groups in total. The van der Waals surface area contributed by atoms with Gasteiger partial charge in [0, 0.05) is 5.39 Å². The van der Waals surface area contributed by atoms with E-state index >= 15 is 0 Å². The first-order valence-electron chi connectivity index (χ1n) is 7.95. The molecule has 0 unspecified atom stereocenters. The van der Waals surface area contributed by atoms with Crippen LogP contribution in [-0.2, 0) is 5.41 Å².